The molecule has 0 spiro atoms. The molecule has 0 aliphatic carbocycles. The van der Waals surface area contributed by atoms with Crippen molar-refractivity contribution in [3.63, 3.8) is 0 Å². The first-order valence-electron chi connectivity index (χ1n) is 12.8. The second kappa shape index (κ2) is 12.8. The van der Waals surface area contributed by atoms with E-state index in [1.54, 1.807) is 54.6 Å². The van der Waals surface area contributed by atoms with Crippen LogP contribution < -0.4 is 15.6 Å². The van der Waals surface area contributed by atoms with Gasteiger partial charge in [0.25, 0.3) is 5.91 Å². The molecule has 42 heavy (non-hydrogen) atoms. The maximum absolute atomic E-state index is 13.4. The summed E-state index contributed by atoms with van der Waals surface area (Å²) in [4.78, 5) is 18.0. The van der Waals surface area contributed by atoms with Crippen LogP contribution in [0.2, 0.25) is 0 Å². The number of benzene rings is 3. The van der Waals surface area contributed by atoms with E-state index in [2.05, 4.69) is 15.8 Å². The number of ether oxygens (including phenoxy) is 2. The summed E-state index contributed by atoms with van der Waals surface area (Å²) in [6.45, 7) is -0.354. The Kier molecular flexibility index (Phi) is 9.42. The Hall–Kier alpha value is -4.10. The molecule has 1 heterocycles. The summed E-state index contributed by atoms with van der Waals surface area (Å²) in [6, 6.07) is 16.9. The molecule has 224 valence electrons. The van der Waals surface area contributed by atoms with Crippen molar-refractivity contribution >= 4 is 11.8 Å². The largest absolute Gasteiger partial charge is 0.494 e. The van der Waals surface area contributed by atoms with E-state index in [4.69, 9.17) is 14.6 Å². The van der Waals surface area contributed by atoms with Crippen molar-refractivity contribution < 1.29 is 45.7 Å². The van der Waals surface area contributed by atoms with E-state index in [0.717, 1.165) is 5.56 Å². The first-order chi connectivity index (χ1) is 19.9. The molecule has 0 saturated heterocycles. The molecule has 0 saturated carbocycles. The van der Waals surface area contributed by atoms with E-state index >= 15 is 0 Å². The SMILES string of the molecule is O=C(NNCc1cc(C(F)(F)F)cc(C(F)(F)F)c1)[C@]1(Cc2ccccc2)COC(c2ccc(OCCCO)cc2)=N1. The highest BCUT2D eigenvalue weighted by Gasteiger charge is 2.44. The topological polar surface area (TPSA) is 92.2 Å². The summed E-state index contributed by atoms with van der Waals surface area (Å²) in [5.74, 6) is 0.0515. The number of amides is 1. The zero-order valence-electron chi connectivity index (χ0n) is 22.1. The number of hydrogen-bond donors (Lipinski definition) is 3. The number of halogens is 6. The number of aliphatic hydroxyl groups excluding tert-OH is 1. The van der Waals surface area contributed by atoms with Gasteiger partial charge >= 0.3 is 12.4 Å². The van der Waals surface area contributed by atoms with Crippen molar-refractivity contribution in [3.8, 4) is 5.75 Å². The lowest BCUT2D eigenvalue weighted by Crippen LogP contribution is -2.52. The average Bonchev–Trinajstić information content (AvgIpc) is 3.38. The number of carbonyl (C=O) groups excluding carboxylic acids is 1. The van der Waals surface area contributed by atoms with Crippen LogP contribution in [0, 0.1) is 0 Å². The minimum atomic E-state index is -4.99. The number of hydrazine groups is 1. The summed E-state index contributed by atoms with van der Waals surface area (Å²) >= 11 is 0. The lowest BCUT2D eigenvalue weighted by atomic mass is 9.91. The van der Waals surface area contributed by atoms with Gasteiger partial charge in [0.05, 0.1) is 17.7 Å². The third-order valence-corrected chi connectivity index (χ3v) is 6.34. The number of alkyl halides is 6. The highest BCUT2D eigenvalue weighted by Crippen LogP contribution is 2.36. The van der Waals surface area contributed by atoms with Crippen LogP contribution in [0.5, 0.6) is 5.75 Å². The van der Waals surface area contributed by atoms with Gasteiger partial charge in [-0.25, -0.2) is 10.4 Å². The number of carbonyl (C=O) groups is 1. The molecule has 0 bridgehead atoms. The molecule has 13 heteroatoms. The molecule has 1 aliphatic rings. The maximum Gasteiger partial charge on any atom is 0.416 e. The van der Waals surface area contributed by atoms with E-state index in [-0.39, 0.29) is 37.2 Å². The second-order valence-corrected chi connectivity index (χ2v) is 9.57. The van der Waals surface area contributed by atoms with Crippen LogP contribution in [0.1, 0.15) is 34.2 Å². The molecular weight excluding hydrogens is 568 g/mol. The summed E-state index contributed by atoms with van der Waals surface area (Å²) in [6.07, 6.45) is -9.40. The average molecular weight is 596 g/mol. The van der Waals surface area contributed by atoms with Crippen LogP contribution in [0.4, 0.5) is 26.3 Å². The van der Waals surface area contributed by atoms with Crippen molar-refractivity contribution in [2.75, 3.05) is 19.8 Å². The molecule has 0 aromatic heterocycles. The quantitative estimate of drug-likeness (QED) is 0.164. The second-order valence-electron chi connectivity index (χ2n) is 9.57. The van der Waals surface area contributed by atoms with Gasteiger partial charge in [-0.3, -0.25) is 10.2 Å². The van der Waals surface area contributed by atoms with Crippen molar-refractivity contribution in [1.29, 1.82) is 0 Å². The lowest BCUT2D eigenvalue weighted by Gasteiger charge is -2.23. The van der Waals surface area contributed by atoms with E-state index < -0.39 is 41.5 Å². The molecule has 0 radical (unpaired) electrons. The van der Waals surface area contributed by atoms with Crippen LogP contribution in [-0.4, -0.2) is 42.3 Å². The molecule has 1 aliphatic heterocycles. The van der Waals surface area contributed by atoms with Crippen molar-refractivity contribution in [2.24, 2.45) is 4.99 Å². The third kappa shape index (κ3) is 7.79. The highest BCUT2D eigenvalue weighted by molar-refractivity contribution is 6.00. The fourth-order valence-corrected chi connectivity index (χ4v) is 4.23. The van der Waals surface area contributed by atoms with Crippen LogP contribution in [0.15, 0.2) is 77.8 Å². The van der Waals surface area contributed by atoms with E-state index in [0.29, 0.717) is 36.5 Å². The Morgan fingerprint density at radius 3 is 2.17 bits per heavy atom. The van der Waals surface area contributed by atoms with Gasteiger partial charge in [0.1, 0.15) is 12.4 Å². The molecule has 0 unspecified atom stereocenters. The van der Waals surface area contributed by atoms with Gasteiger partial charge in [-0.15, -0.1) is 0 Å². The Morgan fingerprint density at radius 1 is 0.929 bits per heavy atom. The minimum Gasteiger partial charge on any atom is -0.494 e. The number of rotatable bonds is 11. The van der Waals surface area contributed by atoms with Gasteiger partial charge in [-0.1, -0.05) is 30.3 Å². The van der Waals surface area contributed by atoms with Crippen LogP contribution in [0.25, 0.3) is 0 Å². The summed E-state index contributed by atoms with van der Waals surface area (Å²) in [5.41, 5.74) is 1.41. The molecule has 1 amide bonds. The fourth-order valence-electron chi connectivity index (χ4n) is 4.23. The molecule has 7 nitrogen and oxygen atoms in total. The van der Waals surface area contributed by atoms with E-state index in [9.17, 15) is 31.1 Å². The summed E-state index contributed by atoms with van der Waals surface area (Å²) < 4.78 is 90.6. The predicted molar refractivity (Wildman–Crippen MR) is 140 cm³/mol. The van der Waals surface area contributed by atoms with Gasteiger partial charge in [0.2, 0.25) is 5.90 Å². The van der Waals surface area contributed by atoms with Crippen LogP contribution in [0.3, 0.4) is 0 Å². The number of aliphatic imine (C=N–C) groups is 1. The molecule has 4 rings (SSSR count). The van der Waals surface area contributed by atoms with Gasteiger partial charge < -0.3 is 14.6 Å². The normalized spacial score (nSPS) is 17.0. The molecular formula is C29H27F6N3O4. The van der Waals surface area contributed by atoms with Crippen LogP contribution >= 0.6 is 0 Å². The van der Waals surface area contributed by atoms with Crippen molar-refractivity contribution in [1.82, 2.24) is 10.9 Å². The molecule has 3 aromatic carbocycles. The van der Waals surface area contributed by atoms with Gasteiger partial charge in [-0.2, -0.15) is 26.3 Å². The first kappa shape index (κ1) is 30.8. The fraction of sp³-hybridized carbons (Fsp3) is 0.310. The van der Waals surface area contributed by atoms with E-state index in [1.165, 1.54) is 0 Å². The monoisotopic (exact) mass is 595 g/mol. The Bertz CT molecular complexity index is 1360. The van der Waals surface area contributed by atoms with Crippen LogP contribution in [-0.2, 0) is 34.8 Å². The van der Waals surface area contributed by atoms with Gasteiger partial charge in [0.15, 0.2) is 5.54 Å². The molecule has 1 atom stereocenters. The Morgan fingerprint density at radius 2 is 1.57 bits per heavy atom. The van der Waals surface area contributed by atoms with Gasteiger partial charge in [0, 0.05) is 31.6 Å². The Balaban J connectivity index is 1.53. The van der Waals surface area contributed by atoms with Crippen molar-refractivity contribution in [3.05, 3.63) is 101 Å². The summed E-state index contributed by atoms with van der Waals surface area (Å²) in [5, 5.41) is 8.89. The minimum absolute atomic E-state index is 0.00230. The zero-order valence-corrected chi connectivity index (χ0v) is 22.1. The number of hydrogen-bond acceptors (Lipinski definition) is 6. The lowest BCUT2D eigenvalue weighted by molar-refractivity contribution is -0.143. The third-order valence-electron chi connectivity index (χ3n) is 6.34. The number of aliphatic hydroxyl groups is 1. The summed E-state index contributed by atoms with van der Waals surface area (Å²) in [7, 11) is 0. The maximum atomic E-state index is 13.4. The molecule has 3 aromatic rings. The zero-order chi connectivity index (χ0) is 30.4. The highest BCUT2D eigenvalue weighted by atomic mass is 19.4. The van der Waals surface area contributed by atoms with E-state index in [1.807, 2.05) is 0 Å². The smallest absolute Gasteiger partial charge is 0.416 e. The first-order valence-corrected chi connectivity index (χ1v) is 12.8. The number of nitrogens with one attached hydrogen (secondary N) is 2. The molecule has 3 N–H and O–H groups in total. The predicted octanol–water partition coefficient (Wildman–Crippen LogP) is 5.06. The van der Waals surface area contributed by atoms with Gasteiger partial charge in [-0.05, 0) is 53.6 Å². The Labute approximate surface area is 237 Å². The number of nitrogens with zero attached hydrogens (tertiary/aromatic N) is 1. The van der Waals surface area contributed by atoms with Crippen molar-refractivity contribution in [2.45, 2.75) is 37.3 Å². The molecule has 0 fully saturated rings. The standard InChI is InChI=1S/C29H27F6N3O4/c30-28(31,32)22-13-20(14-23(15-22)29(33,34)35)17-36-38-26(40)27(16-19-5-2-1-3-6-19)18-42-25(37-27)21-7-9-24(10-8-21)41-12-4-11-39/h1-3,5-10,13-15,36,39H,4,11-12,16-18H2,(H,38,40)/t27-/m0/s1.